The average Bonchev–Trinajstić information content (AvgIpc) is 3.24. The lowest BCUT2D eigenvalue weighted by molar-refractivity contribution is -0.145. The van der Waals surface area contributed by atoms with Gasteiger partial charge in [0.2, 0.25) is 5.91 Å². The Morgan fingerprint density at radius 1 is 1.40 bits per heavy atom. The van der Waals surface area contributed by atoms with Crippen LogP contribution in [-0.4, -0.2) is 25.0 Å². The Balaban J connectivity index is 2.09. The quantitative estimate of drug-likeness (QED) is 0.850. The van der Waals surface area contributed by atoms with Crippen LogP contribution in [0.5, 0.6) is 0 Å². The Morgan fingerprint density at radius 2 is 2.10 bits per heavy atom. The van der Waals surface area contributed by atoms with Crippen molar-refractivity contribution in [2.24, 2.45) is 5.92 Å². The molecule has 1 saturated carbocycles. The lowest BCUT2D eigenvalue weighted by atomic mass is 10.1. The molecule has 0 heterocycles. The summed E-state index contributed by atoms with van der Waals surface area (Å²) in [6.07, 6.45) is 2.03. The minimum atomic E-state index is -0.730. The first kappa shape index (κ1) is 15.1. The second kappa shape index (κ2) is 6.46. The molecule has 0 aromatic heterocycles. The number of benzene rings is 1. The third-order valence-electron chi connectivity index (χ3n) is 3.19. The molecule has 1 aromatic rings. The van der Waals surface area contributed by atoms with Crippen LogP contribution >= 0.6 is 23.2 Å². The fourth-order valence-electron chi connectivity index (χ4n) is 1.88. The topological polar surface area (TPSA) is 55.4 Å². The fourth-order valence-corrected chi connectivity index (χ4v) is 2.36. The number of hydrogen-bond donors (Lipinski definition) is 1. The van der Waals surface area contributed by atoms with E-state index >= 15 is 0 Å². The molecule has 0 radical (unpaired) electrons. The van der Waals surface area contributed by atoms with E-state index in [0.717, 1.165) is 18.4 Å². The largest absolute Gasteiger partial charge is 0.467 e. The highest BCUT2D eigenvalue weighted by atomic mass is 35.5. The molecule has 2 rings (SSSR count). The summed E-state index contributed by atoms with van der Waals surface area (Å²) >= 11 is 11.9. The number of ether oxygens (including phenoxy) is 1. The van der Waals surface area contributed by atoms with Crippen LogP contribution in [0, 0.1) is 5.92 Å². The highest BCUT2D eigenvalue weighted by Gasteiger charge is 2.33. The number of esters is 1. The van der Waals surface area contributed by atoms with Crippen molar-refractivity contribution < 1.29 is 14.3 Å². The Kier molecular flexibility index (Phi) is 4.89. The van der Waals surface area contributed by atoms with Crippen molar-refractivity contribution in [1.82, 2.24) is 5.32 Å². The predicted molar refractivity (Wildman–Crippen MR) is 76.8 cm³/mol. The molecule has 6 heteroatoms. The second-order valence-corrected chi connectivity index (χ2v) is 5.64. The Bertz CT molecular complexity index is 529. The van der Waals surface area contributed by atoms with E-state index in [4.69, 9.17) is 27.9 Å². The molecule has 0 bridgehead atoms. The zero-order valence-electron chi connectivity index (χ0n) is 11.0. The molecule has 1 amide bonds. The van der Waals surface area contributed by atoms with Gasteiger partial charge in [-0.3, -0.25) is 4.79 Å². The first-order valence-corrected chi connectivity index (χ1v) is 7.09. The predicted octanol–water partition coefficient (Wildman–Crippen LogP) is 2.60. The van der Waals surface area contributed by atoms with Crippen molar-refractivity contribution in [3.05, 3.63) is 33.8 Å². The molecular weight excluding hydrogens is 301 g/mol. The molecule has 4 nitrogen and oxygen atoms in total. The molecule has 20 heavy (non-hydrogen) atoms. The number of carbonyl (C=O) groups is 2. The Hall–Kier alpha value is -1.26. The fraction of sp³-hybridized carbons (Fsp3) is 0.429. The number of methoxy groups -OCH3 is 1. The Morgan fingerprint density at radius 3 is 2.65 bits per heavy atom. The third kappa shape index (κ3) is 3.87. The minimum Gasteiger partial charge on any atom is -0.467 e. The molecular formula is C14H15Cl2NO3. The number of carbonyl (C=O) groups excluding carboxylic acids is 2. The SMILES string of the molecule is COC(=O)[C@@H](Cc1ccc(Cl)cc1Cl)NC(=O)C1CC1. The maximum Gasteiger partial charge on any atom is 0.328 e. The molecule has 1 aliphatic rings. The first-order chi connectivity index (χ1) is 9.51. The van der Waals surface area contributed by atoms with E-state index in [-0.39, 0.29) is 18.2 Å². The van der Waals surface area contributed by atoms with Crippen molar-refractivity contribution >= 4 is 35.1 Å². The van der Waals surface area contributed by atoms with E-state index in [2.05, 4.69) is 5.32 Å². The van der Waals surface area contributed by atoms with Crippen LogP contribution in [0.1, 0.15) is 18.4 Å². The molecule has 1 N–H and O–H groups in total. The lowest BCUT2D eigenvalue weighted by Gasteiger charge is -2.17. The summed E-state index contributed by atoms with van der Waals surface area (Å²) in [6.45, 7) is 0. The summed E-state index contributed by atoms with van der Waals surface area (Å²) in [6, 6.07) is 4.31. The van der Waals surface area contributed by atoms with Crippen molar-refractivity contribution in [2.75, 3.05) is 7.11 Å². The minimum absolute atomic E-state index is 0.0304. The van der Waals surface area contributed by atoms with Gasteiger partial charge < -0.3 is 10.1 Å². The summed E-state index contributed by atoms with van der Waals surface area (Å²) in [4.78, 5) is 23.6. The van der Waals surface area contributed by atoms with E-state index in [0.29, 0.717) is 10.0 Å². The molecule has 1 atom stereocenters. The zero-order chi connectivity index (χ0) is 14.7. The van der Waals surface area contributed by atoms with Gasteiger partial charge in [-0.15, -0.1) is 0 Å². The van der Waals surface area contributed by atoms with Crippen LogP contribution in [0.3, 0.4) is 0 Å². The Labute approximate surface area is 127 Å². The smallest absolute Gasteiger partial charge is 0.328 e. The molecule has 1 aliphatic carbocycles. The van der Waals surface area contributed by atoms with Crippen molar-refractivity contribution in [3.8, 4) is 0 Å². The van der Waals surface area contributed by atoms with E-state index in [9.17, 15) is 9.59 Å². The normalized spacial score (nSPS) is 15.6. The molecule has 0 unspecified atom stereocenters. The monoisotopic (exact) mass is 315 g/mol. The van der Waals surface area contributed by atoms with E-state index in [1.54, 1.807) is 18.2 Å². The highest BCUT2D eigenvalue weighted by molar-refractivity contribution is 6.35. The van der Waals surface area contributed by atoms with Gasteiger partial charge in [-0.05, 0) is 30.5 Å². The van der Waals surface area contributed by atoms with Crippen LogP contribution in [0.4, 0.5) is 0 Å². The maximum atomic E-state index is 11.8. The number of nitrogens with one attached hydrogen (secondary N) is 1. The molecule has 0 spiro atoms. The lowest BCUT2D eigenvalue weighted by Crippen LogP contribution is -2.43. The molecule has 1 aromatic carbocycles. The molecule has 0 saturated heterocycles. The van der Waals surface area contributed by atoms with E-state index in [1.807, 2.05) is 0 Å². The van der Waals surface area contributed by atoms with Gasteiger partial charge in [-0.25, -0.2) is 4.79 Å². The van der Waals surface area contributed by atoms with Crippen molar-refractivity contribution in [3.63, 3.8) is 0 Å². The number of rotatable bonds is 5. The zero-order valence-corrected chi connectivity index (χ0v) is 12.5. The summed E-state index contributed by atoms with van der Waals surface area (Å²) < 4.78 is 4.73. The number of amides is 1. The van der Waals surface area contributed by atoms with Crippen LogP contribution in [-0.2, 0) is 20.7 Å². The van der Waals surface area contributed by atoms with Gasteiger partial charge in [0, 0.05) is 22.4 Å². The summed E-state index contributed by atoms with van der Waals surface area (Å²) in [5.41, 5.74) is 0.738. The van der Waals surface area contributed by atoms with Crippen LogP contribution in [0.25, 0.3) is 0 Å². The summed E-state index contributed by atoms with van der Waals surface area (Å²) in [5.74, 6) is -0.557. The first-order valence-electron chi connectivity index (χ1n) is 6.33. The van der Waals surface area contributed by atoms with Crippen molar-refractivity contribution in [1.29, 1.82) is 0 Å². The van der Waals surface area contributed by atoms with Crippen LogP contribution < -0.4 is 5.32 Å². The number of halogens is 2. The summed E-state index contributed by atoms with van der Waals surface area (Å²) in [5, 5.41) is 3.70. The third-order valence-corrected chi connectivity index (χ3v) is 3.78. The van der Waals surface area contributed by atoms with Gasteiger partial charge in [-0.1, -0.05) is 29.3 Å². The van der Waals surface area contributed by atoms with Gasteiger partial charge in [0.15, 0.2) is 0 Å². The molecule has 1 fully saturated rings. The van der Waals surface area contributed by atoms with E-state index < -0.39 is 12.0 Å². The van der Waals surface area contributed by atoms with Gasteiger partial charge in [0.25, 0.3) is 0 Å². The van der Waals surface area contributed by atoms with Crippen LogP contribution in [0.2, 0.25) is 10.0 Å². The van der Waals surface area contributed by atoms with Crippen molar-refractivity contribution in [2.45, 2.75) is 25.3 Å². The summed E-state index contributed by atoms with van der Waals surface area (Å²) in [7, 11) is 1.29. The van der Waals surface area contributed by atoms with Gasteiger partial charge >= 0.3 is 5.97 Å². The average molecular weight is 316 g/mol. The standard InChI is InChI=1S/C14H15Cl2NO3/c1-20-14(19)12(17-13(18)8-2-3-8)6-9-4-5-10(15)7-11(9)16/h4-5,7-8,12H,2-3,6H2,1H3,(H,17,18)/t12-/m1/s1. The maximum absolute atomic E-state index is 11.8. The van der Waals surface area contributed by atoms with Gasteiger partial charge in [0.05, 0.1) is 7.11 Å². The molecule has 0 aliphatic heterocycles. The van der Waals surface area contributed by atoms with Crippen LogP contribution in [0.15, 0.2) is 18.2 Å². The highest BCUT2D eigenvalue weighted by Crippen LogP contribution is 2.29. The second-order valence-electron chi connectivity index (χ2n) is 4.80. The number of hydrogen-bond acceptors (Lipinski definition) is 3. The van der Waals surface area contributed by atoms with E-state index in [1.165, 1.54) is 7.11 Å². The van der Waals surface area contributed by atoms with Gasteiger partial charge in [0.1, 0.15) is 6.04 Å². The molecule has 108 valence electrons. The van der Waals surface area contributed by atoms with Gasteiger partial charge in [-0.2, -0.15) is 0 Å².